The zero-order valence-corrected chi connectivity index (χ0v) is 44.9. The largest absolute Gasteiger partial charge is 0.530 e. The quantitative estimate of drug-likeness (QED) is 0.0639. The van der Waals surface area contributed by atoms with Crippen molar-refractivity contribution in [1.29, 1.82) is 0 Å². The van der Waals surface area contributed by atoms with Crippen molar-refractivity contribution in [3.05, 3.63) is 191 Å². The topological polar surface area (TPSA) is 83.5 Å². The molecule has 0 amide bonds. The second kappa shape index (κ2) is 25.5. The summed E-state index contributed by atoms with van der Waals surface area (Å²) in [5, 5.41) is 1.35. The fraction of sp³-hybridized carbons (Fsp3) is 0.310. The van der Waals surface area contributed by atoms with E-state index in [-0.39, 0.29) is 23.5 Å². The van der Waals surface area contributed by atoms with Gasteiger partial charge in [-0.3, -0.25) is 0 Å². The lowest BCUT2D eigenvalue weighted by molar-refractivity contribution is 0.380. The molecule has 0 fully saturated rings. The first-order valence-corrected chi connectivity index (χ1v) is 27.5. The van der Waals surface area contributed by atoms with Crippen LogP contribution in [0.15, 0.2) is 157 Å². The molecule has 6 aromatic carbocycles. The highest BCUT2D eigenvalue weighted by atomic mass is 31.2. The van der Waals surface area contributed by atoms with E-state index in [2.05, 4.69) is 112 Å². The van der Waals surface area contributed by atoms with Crippen molar-refractivity contribution in [3.8, 4) is 28.7 Å². The molecule has 6 rings (SSSR count). The first kappa shape index (κ1) is 53.8. The van der Waals surface area contributed by atoms with Crippen LogP contribution in [-0.2, 0) is 4.57 Å². The molecule has 0 aliphatic carbocycles. The molecule has 10 heteroatoms. The van der Waals surface area contributed by atoms with E-state index in [1.807, 2.05) is 106 Å². The van der Waals surface area contributed by atoms with E-state index in [1.54, 1.807) is 24.3 Å². The van der Waals surface area contributed by atoms with Gasteiger partial charge in [0.25, 0.3) is 0 Å². The molecule has 68 heavy (non-hydrogen) atoms. The molecule has 6 aromatic rings. The lowest BCUT2D eigenvalue weighted by Gasteiger charge is -2.27. The molecular weight excluding hydrogens is 902 g/mol. The Morgan fingerprint density at radius 2 is 0.926 bits per heavy atom. The number of aryl methyl sites for hydroxylation is 3. The first-order valence-electron chi connectivity index (χ1n) is 23.6. The van der Waals surface area contributed by atoms with Gasteiger partial charge in [-0.2, -0.15) is 0 Å². The smallest absolute Gasteiger partial charge is 0.418 e. The molecule has 0 radical (unpaired) electrons. The fourth-order valence-electron chi connectivity index (χ4n) is 7.33. The second-order valence-electron chi connectivity index (χ2n) is 18.5. The van der Waals surface area contributed by atoms with Gasteiger partial charge >= 0.3 is 17.2 Å². The molecule has 360 valence electrons. The van der Waals surface area contributed by atoms with Gasteiger partial charge in [0.15, 0.2) is 7.14 Å². The van der Waals surface area contributed by atoms with Gasteiger partial charge < -0.3 is 32.1 Å². The van der Waals surface area contributed by atoms with Crippen LogP contribution < -0.4 is 38.5 Å². The Hall–Kier alpha value is -5.15. The molecule has 0 aliphatic heterocycles. The fourth-order valence-corrected chi connectivity index (χ4v) is 12.1. The minimum atomic E-state index is -3.82. The number of para-hydroxylation sites is 2. The third-order valence-electron chi connectivity index (χ3n) is 11.2. The van der Waals surface area contributed by atoms with Crippen LogP contribution in [0.1, 0.15) is 127 Å². The maximum atomic E-state index is 16.3. The average molecular weight is 973 g/mol. The Labute approximate surface area is 410 Å². The molecule has 7 nitrogen and oxygen atoms in total. The van der Waals surface area contributed by atoms with Crippen molar-refractivity contribution < 1.29 is 32.1 Å². The summed E-state index contributed by atoms with van der Waals surface area (Å²) in [4.78, 5) is 11.4. The van der Waals surface area contributed by atoms with Crippen molar-refractivity contribution in [3.63, 3.8) is 0 Å². The van der Waals surface area contributed by atoms with Crippen LogP contribution >= 0.6 is 24.3 Å². The Morgan fingerprint density at radius 1 is 0.544 bits per heavy atom. The third-order valence-corrected chi connectivity index (χ3v) is 16.1. The van der Waals surface area contributed by atoms with Crippen molar-refractivity contribution in [2.45, 2.75) is 114 Å². The highest BCUT2D eigenvalue weighted by Gasteiger charge is 2.38. The molecule has 0 aliphatic rings. The molecule has 0 saturated carbocycles. The minimum Gasteiger partial charge on any atom is -0.418 e. The predicted molar refractivity (Wildman–Crippen MR) is 289 cm³/mol. The maximum absolute atomic E-state index is 16.3. The summed E-state index contributed by atoms with van der Waals surface area (Å²) in [6.07, 6.45) is 7.72. The van der Waals surface area contributed by atoms with E-state index in [0.29, 0.717) is 38.9 Å². The van der Waals surface area contributed by atoms with Crippen LogP contribution in [0.5, 0.6) is 28.7 Å². The highest BCUT2D eigenvalue weighted by molar-refractivity contribution is 7.85. The van der Waals surface area contributed by atoms with Crippen molar-refractivity contribution in [1.82, 2.24) is 0 Å². The summed E-state index contributed by atoms with van der Waals surface area (Å²) in [5.74, 6) is 3.70. The van der Waals surface area contributed by atoms with E-state index in [9.17, 15) is 4.89 Å². The summed E-state index contributed by atoms with van der Waals surface area (Å²) in [6.45, 7) is 27.3. The molecule has 2 unspecified atom stereocenters. The van der Waals surface area contributed by atoms with Crippen LogP contribution in [-0.4, -0.2) is 4.89 Å². The molecule has 0 bridgehead atoms. The van der Waals surface area contributed by atoms with Crippen molar-refractivity contribution in [2.75, 3.05) is 0 Å². The highest BCUT2D eigenvalue weighted by Crippen LogP contribution is 2.52. The van der Waals surface area contributed by atoms with Crippen molar-refractivity contribution >= 4 is 40.3 Å². The number of hydrogen-bond donors (Lipinski definition) is 1. The first-order chi connectivity index (χ1) is 32.4. The molecule has 1 N–H and O–H groups in total. The van der Waals surface area contributed by atoms with Gasteiger partial charge in [0, 0.05) is 5.30 Å². The normalized spacial score (nSPS) is 13.1. The molecular formula is C58H71O7P3. The van der Waals surface area contributed by atoms with E-state index < -0.39 is 24.3 Å². The molecule has 2 atom stereocenters. The van der Waals surface area contributed by atoms with Crippen LogP contribution in [0.4, 0.5) is 0 Å². The number of allylic oxidation sites excluding steroid dienone is 4. The lowest BCUT2D eigenvalue weighted by atomic mass is 10.0. The molecule has 0 heterocycles. The van der Waals surface area contributed by atoms with Gasteiger partial charge in [0.1, 0.15) is 28.7 Å². The van der Waals surface area contributed by atoms with Crippen LogP contribution in [0.2, 0.25) is 0 Å². The third kappa shape index (κ3) is 14.7. The molecule has 0 spiro atoms. The molecule has 0 saturated heterocycles. The van der Waals surface area contributed by atoms with Gasteiger partial charge in [0.05, 0.1) is 10.6 Å². The summed E-state index contributed by atoms with van der Waals surface area (Å²) in [6, 6.07) is 41.9. The summed E-state index contributed by atoms with van der Waals surface area (Å²) >= 11 is 0. The Balaban J connectivity index is 0.000000775. The standard InChI is InChI=1S/C48H53O7P3.C10H18/c1-32(2)39-26-23-35(7)29-44(39)52-56(49)51-42-19-13-15-21-47(42)58(50,38-17-11-10-12-18-38)48-22-16-14-20-43(48)53-57(54-45-30-36(8)24-27-40(45)33(3)4)55-46-31-37(9)25-28-41(46)34(5)6;1-5-10(4)8-6-7-9(2)3/h10-34,49H,1-9H3;5-6,8-9H,7H2,1-4H3/b;8-6-,10-5-. The summed E-state index contributed by atoms with van der Waals surface area (Å²) in [5.41, 5.74) is 7.39. The van der Waals surface area contributed by atoms with Gasteiger partial charge in [-0.15, -0.1) is 0 Å². The zero-order valence-electron chi connectivity index (χ0n) is 42.2. The maximum Gasteiger partial charge on any atom is 0.530 e. The van der Waals surface area contributed by atoms with Crippen molar-refractivity contribution in [2.24, 2.45) is 5.92 Å². The van der Waals surface area contributed by atoms with E-state index in [0.717, 1.165) is 39.3 Å². The zero-order chi connectivity index (χ0) is 49.5. The minimum absolute atomic E-state index is 0.158. The van der Waals surface area contributed by atoms with Crippen LogP contribution in [0.25, 0.3) is 0 Å². The number of rotatable bonds is 19. The lowest BCUT2D eigenvalue weighted by Crippen LogP contribution is -2.27. The summed E-state index contributed by atoms with van der Waals surface area (Å²) < 4.78 is 49.0. The second-order valence-corrected chi connectivity index (χ2v) is 23.0. The molecule has 0 aromatic heterocycles. The summed E-state index contributed by atoms with van der Waals surface area (Å²) in [7, 11) is -8.46. The Morgan fingerprint density at radius 3 is 1.35 bits per heavy atom. The van der Waals surface area contributed by atoms with Gasteiger partial charge in [-0.25, -0.2) is 0 Å². The van der Waals surface area contributed by atoms with Gasteiger partial charge in [-0.1, -0.05) is 170 Å². The Kier molecular flexibility index (Phi) is 20.1. The average Bonchev–Trinajstić information content (AvgIpc) is 3.29. The predicted octanol–water partition coefficient (Wildman–Crippen LogP) is 16.6. The monoisotopic (exact) mass is 972 g/mol. The van der Waals surface area contributed by atoms with Crippen LogP contribution in [0, 0.1) is 26.7 Å². The van der Waals surface area contributed by atoms with E-state index in [1.165, 1.54) is 12.0 Å². The van der Waals surface area contributed by atoms with Gasteiger partial charge in [0.2, 0.25) is 0 Å². The number of benzene rings is 6. The van der Waals surface area contributed by atoms with Gasteiger partial charge in [-0.05, 0) is 141 Å². The SMILES string of the molecule is C/C=C(C)\C=C/CC(C)C.Cc1ccc(C(C)C)c(OP(O)Oc2ccccc2P(=O)(c2ccccc2)c2ccccc2OP(Oc2cc(C)ccc2C(C)C)Oc2cc(C)ccc2C(C)C)c1. The van der Waals surface area contributed by atoms with E-state index in [4.69, 9.17) is 22.6 Å². The van der Waals surface area contributed by atoms with Crippen LogP contribution in [0.3, 0.4) is 0 Å². The number of hydrogen-bond acceptors (Lipinski definition) is 7. The Bertz CT molecular complexity index is 2610. The van der Waals surface area contributed by atoms with E-state index >= 15 is 4.57 Å².